The molecular weight excluding hydrogens is 303 g/mol. The van der Waals surface area contributed by atoms with Crippen molar-refractivity contribution in [1.82, 2.24) is 15.3 Å². The Balaban J connectivity index is 0.000000220. The van der Waals surface area contributed by atoms with Gasteiger partial charge < -0.3 is 5.32 Å². The molecule has 2 aliphatic rings. The molecule has 1 aromatic heterocycles. The van der Waals surface area contributed by atoms with Gasteiger partial charge in [0, 0.05) is 18.9 Å². The second kappa shape index (κ2) is 6.28. The van der Waals surface area contributed by atoms with Gasteiger partial charge in [-0.2, -0.15) is 13.2 Å². The normalized spacial score (nSPS) is 25.8. The zero-order chi connectivity index (χ0) is 16.3. The number of hydrogen-bond donors (Lipinski definition) is 1. The quantitative estimate of drug-likeness (QED) is 0.871. The van der Waals surface area contributed by atoms with E-state index in [0.29, 0.717) is 11.3 Å². The third kappa shape index (κ3) is 3.69. The molecule has 2 atom stereocenters. The van der Waals surface area contributed by atoms with E-state index in [-0.39, 0.29) is 0 Å². The first-order valence-corrected chi connectivity index (χ1v) is 7.59. The molecule has 2 unspecified atom stereocenters. The Morgan fingerprint density at radius 2 is 1.78 bits per heavy atom. The van der Waals surface area contributed by atoms with E-state index in [1.54, 1.807) is 30.6 Å². The monoisotopic (exact) mass is 321 g/mol. The van der Waals surface area contributed by atoms with Crippen LogP contribution >= 0.6 is 0 Å². The summed E-state index contributed by atoms with van der Waals surface area (Å²) in [5.74, 6) is 0.458. The van der Waals surface area contributed by atoms with Crippen LogP contribution in [0.5, 0.6) is 0 Å². The first-order valence-electron chi connectivity index (χ1n) is 7.59. The van der Waals surface area contributed by atoms with Crippen LogP contribution in [0, 0.1) is 5.41 Å². The average Bonchev–Trinajstić information content (AvgIpc) is 3.06. The highest BCUT2D eigenvalue weighted by Gasteiger charge is 2.55. The highest BCUT2D eigenvalue weighted by molar-refractivity contribution is 5.34. The van der Waals surface area contributed by atoms with Crippen molar-refractivity contribution in [3.05, 3.63) is 60.2 Å². The van der Waals surface area contributed by atoms with Crippen LogP contribution in [0.25, 0.3) is 0 Å². The van der Waals surface area contributed by atoms with Crippen molar-refractivity contribution in [1.29, 1.82) is 0 Å². The van der Waals surface area contributed by atoms with E-state index >= 15 is 0 Å². The highest BCUT2D eigenvalue weighted by atomic mass is 19.4. The van der Waals surface area contributed by atoms with Crippen molar-refractivity contribution < 1.29 is 13.2 Å². The van der Waals surface area contributed by atoms with Gasteiger partial charge in [0.2, 0.25) is 0 Å². The Hall–Kier alpha value is -1.95. The van der Waals surface area contributed by atoms with E-state index in [1.165, 1.54) is 18.5 Å². The van der Waals surface area contributed by atoms with E-state index in [0.717, 1.165) is 31.5 Å². The second-order valence-electron chi connectivity index (χ2n) is 6.07. The molecule has 1 aromatic carbocycles. The lowest BCUT2D eigenvalue weighted by atomic mass is 9.97. The molecule has 4 rings (SSSR count). The van der Waals surface area contributed by atoms with Gasteiger partial charge >= 0.3 is 6.18 Å². The molecule has 6 heteroatoms. The fraction of sp³-hybridized carbons (Fsp3) is 0.412. The maximum Gasteiger partial charge on any atom is 0.416 e. The molecule has 1 saturated carbocycles. The molecule has 1 N–H and O–H groups in total. The van der Waals surface area contributed by atoms with Crippen molar-refractivity contribution in [3.63, 3.8) is 0 Å². The third-order valence-corrected chi connectivity index (χ3v) is 4.58. The van der Waals surface area contributed by atoms with Crippen LogP contribution < -0.4 is 5.32 Å². The van der Waals surface area contributed by atoms with Gasteiger partial charge in [0.15, 0.2) is 0 Å². The summed E-state index contributed by atoms with van der Waals surface area (Å²) in [6.45, 7) is 2.05. The van der Waals surface area contributed by atoms with Gasteiger partial charge in [-0.25, -0.2) is 9.97 Å². The van der Waals surface area contributed by atoms with Crippen LogP contribution in [-0.4, -0.2) is 23.1 Å². The number of nitrogens with zero attached hydrogens (tertiary/aromatic N) is 2. The predicted octanol–water partition coefficient (Wildman–Crippen LogP) is 3.65. The van der Waals surface area contributed by atoms with Crippen LogP contribution in [0.4, 0.5) is 13.2 Å². The third-order valence-electron chi connectivity index (χ3n) is 4.58. The average molecular weight is 321 g/mol. The predicted molar refractivity (Wildman–Crippen MR) is 80.8 cm³/mol. The zero-order valence-corrected chi connectivity index (χ0v) is 12.6. The van der Waals surface area contributed by atoms with Crippen molar-refractivity contribution in [2.75, 3.05) is 13.1 Å². The van der Waals surface area contributed by atoms with Gasteiger partial charge in [-0.3, -0.25) is 0 Å². The maximum absolute atomic E-state index is 12.4. The lowest BCUT2D eigenvalue weighted by Crippen LogP contribution is -2.10. The Morgan fingerprint density at radius 3 is 2.22 bits per heavy atom. The number of rotatable bonds is 1. The smallest absolute Gasteiger partial charge is 0.316 e. The van der Waals surface area contributed by atoms with E-state index < -0.39 is 11.7 Å². The number of alkyl halides is 3. The molecule has 23 heavy (non-hydrogen) atoms. The van der Waals surface area contributed by atoms with Crippen LogP contribution in [0.2, 0.25) is 0 Å². The summed E-state index contributed by atoms with van der Waals surface area (Å²) in [5.41, 5.74) is 0.849. The largest absolute Gasteiger partial charge is 0.416 e. The van der Waals surface area contributed by atoms with Gasteiger partial charge in [0.05, 0.1) is 5.56 Å². The number of halogens is 3. The van der Waals surface area contributed by atoms with Crippen LogP contribution in [0.15, 0.2) is 49.1 Å². The van der Waals surface area contributed by atoms with Gasteiger partial charge in [-0.05, 0) is 54.5 Å². The molecular formula is C17H18F3N3. The first kappa shape index (κ1) is 15.9. The van der Waals surface area contributed by atoms with Crippen molar-refractivity contribution >= 4 is 0 Å². The first-order chi connectivity index (χ1) is 11.0. The van der Waals surface area contributed by atoms with Crippen molar-refractivity contribution in [3.8, 4) is 0 Å². The summed E-state index contributed by atoms with van der Waals surface area (Å²) in [7, 11) is 0. The summed E-state index contributed by atoms with van der Waals surface area (Å²) in [5, 5.41) is 3.33. The number of aromatic nitrogens is 2. The lowest BCUT2D eigenvalue weighted by Gasteiger charge is -2.10. The highest BCUT2D eigenvalue weighted by Crippen LogP contribution is 2.62. The Bertz CT molecular complexity index is 593. The summed E-state index contributed by atoms with van der Waals surface area (Å²) in [6, 6.07) is 7.45. The molecule has 0 amide bonds. The van der Waals surface area contributed by atoms with Gasteiger partial charge in [-0.1, -0.05) is 12.1 Å². The Labute approximate surface area is 133 Å². The Kier molecular flexibility index (Phi) is 4.35. The SMILES string of the molecule is FC(F)(F)c1ccc(C2CC23CCNC3)cc1.c1cncnc1. The summed E-state index contributed by atoms with van der Waals surface area (Å²) in [6.07, 6.45) is 2.92. The zero-order valence-electron chi connectivity index (χ0n) is 12.6. The fourth-order valence-corrected chi connectivity index (χ4v) is 3.21. The molecule has 2 aromatic rings. The lowest BCUT2D eigenvalue weighted by molar-refractivity contribution is -0.137. The minimum atomic E-state index is -4.23. The van der Waals surface area contributed by atoms with Crippen LogP contribution in [0.1, 0.15) is 29.9 Å². The van der Waals surface area contributed by atoms with Crippen LogP contribution in [0.3, 0.4) is 0 Å². The molecule has 3 nitrogen and oxygen atoms in total. The van der Waals surface area contributed by atoms with E-state index in [1.807, 2.05) is 0 Å². The van der Waals surface area contributed by atoms with Crippen molar-refractivity contribution in [2.24, 2.45) is 5.41 Å². The molecule has 2 heterocycles. The van der Waals surface area contributed by atoms with E-state index in [9.17, 15) is 13.2 Å². The topological polar surface area (TPSA) is 37.8 Å². The summed E-state index contributed by atoms with van der Waals surface area (Å²) in [4.78, 5) is 7.35. The van der Waals surface area contributed by atoms with E-state index in [2.05, 4.69) is 15.3 Å². The Morgan fingerprint density at radius 1 is 1.09 bits per heavy atom. The fourth-order valence-electron chi connectivity index (χ4n) is 3.21. The van der Waals surface area contributed by atoms with Gasteiger partial charge in [0.1, 0.15) is 6.33 Å². The summed E-state index contributed by atoms with van der Waals surface area (Å²) < 4.78 is 37.3. The number of hydrogen-bond acceptors (Lipinski definition) is 3. The number of nitrogens with one attached hydrogen (secondary N) is 1. The molecule has 122 valence electrons. The van der Waals surface area contributed by atoms with Gasteiger partial charge in [-0.15, -0.1) is 0 Å². The standard InChI is InChI=1S/C13H14F3N.C4H4N2/c14-13(15,16)10-3-1-9(2-4-10)11-7-12(11)5-6-17-8-12;1-2-5-4-6-3-1/h1-4,11,17H,5-8H2;1-4H. The van der Waals surface area contributed by atoms with Crippen LogP contribution in [-0.2, 0) is 6.18 Å². The summed E-state index contributed by atoms with van der Waals surface area (Å²) >= 11 is 0. The van der Waals surface area contributed by atoms with E-state index in [4.69, 9.17) is 0 Å². The van der Waals surface area contributed by atoms with Crippen molar-refractivity contribution in [2.45, 2.75) is 24.9 Å². The minimum absolute atomic E-state index is 0.347. The molecule has 1 saturated heterocycles. The minimum Gasteiger partial charge on any atom is -0.316 e. The number of benzene rings is 1. The molecule has 1 aliphatic heterocycles. The molecule has 0 radical (unpaired) electrons. The van der Waals surface area contributed by atoms with Gasteiger partial charge in [0.25, 0.3) is 0 Å². The molecule has 2 fully saturated rings. The molecule has 1 spiro atoms. The molecule has 1 aliphatic carbocycles. The maximum atomic E-state index is 12.4. The molecule has 0 bridgehead atoms. The second-order valence-corrected chi connectivity index (χ2v) is 6.07.